The molecule has 1 saturated heterocycles. The minimum absolute atomic E-state index is 0.0282. The summed E-state index contributed by atoms with van der Waals surface area (Å²) < 4.78 is 0. The van der Waals surface area contributed by atoms with Crippen LogP contribution >= 0.6 is 22.7 Å². The van der Waals surface area contributed by atoms with Crippen LogP contribution in [0.1, 0.15) is 88.2 Å². The highest BCUT2D eigenvalue weighted by molar-refractivity contribution is 7.12. The molecule has 2 aromatic heterocycles. The summed E-state index contributed by atoms with van der Waals surface area (Å²) in [7, 11) is 0. The van der Waals surface area contributed by atoms with Crippen molar-refractivity contribution in [1.82, 2.24) is 9.88 Å². The number of benzene rings is 1. The van der Waals surface area contributed by atoms with Crippen LogP contribution in [0.2, 0.25) is 0 Å². The van der Waals surface area contributed by atoms with E-state index in [1.807, 2.05) is 29.3 Å². The maximum Gasteiger partial charge on any atom is 0.263 e. The second kappa shape index (κ2) is 11.2. The summed E-state index contributed by atoms with van der Waals surface area (Å²) in [6.45, 7) is 16.0. The highest BCUT2D eigenvalue weighted by Gasteiger charge is 2.29. The van der Waals surface area contributed by atoms with Gasteiger partial charge in [-0.15, -0.1) is 22.7 Å². The van der Waals surface area contributed by atoms with Crippen molar-refractivity contribution in [2.45, 2.75) is 78.1 Å². The minimum atomic E-state index is -0.185. The van der Waals surface area contributed by atoms with Crippen LogP contribution in [0.25, 0.3) is 11.3 Å². The van der Waals surface area contributed by atoms with E-state index in [4.69, 9.17) is 9.82 Å². The molecule has 38 heavy (non-hydrogen) atoms. The Bertz CT molecular complexity index is 1250. The standard InChI is InChI=1S/C30H39N3O3S2/c1-19(25-9-8-14-37-25)32-36-17-26(34)33-12-10-20(11-13-33)28-31-24(18-38-28)21-15-22(29(2,3)4)27(35)23(16-21)30(5,6)7/h8-9,14-16,18,20,35H,10-13,17H2,1-7H3/b32-19-. The summed E-state index contributed by atoms with van der Waals surface area (Å²) in [5.41, 5.74) is 4.29. The monoisotopic (exact) mass is 553 g/mol. The molecular weight excluding hydrogens is 514 g/mol. The number of hydrogen-bond acceptors (Lipinski definition) is 7. The Labute approximate surface area is 234 Å². The molecule has 1 aliphatic rings. The third-order valence-electron chi connectivity index (χ3n) is 7.01. The number of amides is 1. The lowest BCUT2D eigenvalue weighted by atomic mass is 9.78. The van der Waals surface area contributed by atoms with Crippen LogP contribution in [0.3, 0.4) is 0 Å². The lowest BCUT2D eigenvalue weighted by molar-refractivity contribution is -0.137. The first-order valence-corrected chi connectivity index (χ1v) is 14.9. The van der Waals surface area contributed by atoms with Crippen LogP contribution in [-0.4, -0.2) is 46.3 Å². The molecule has 0 saturated carbocycles. The van der Waals surface area contributed by atoms with Crippen molar-refractivity contribution in [3.8, 4) is 17.0 Å². The molecule has 0 radical (unpaired) electrons. The fourth-order valence-electron chi connectivity index (χ4n) is 4.71. The lowest BCUT2D eigenvalue weighted by Gasteiger charge is -2.30. The minimum Gasteiger partial charge on any atom is -0.507 e. The first-order chi connectivity index (χ1) is 17.8. The Morgan fingerprint density at radius 3 is 2.29 bits per heavy atom. The first-order valence-electron chi connectivity index (χ1n) is 13.2. The van der Waals surface area contributed by atoms with Gasteiger partial charge in [0.15, 0.2) is 6.61 Å². The molecule has 4 rings (SSSR count). The fraction of sp³-hybridized carbons (Fsp3) is 0.500. The Morgan fingerprint density at radius 2 is 1.74 bits per heavy atom. The van der Waals surface area contributed by atoms with Gasteiger partial charge in [0.05, 0.1) is 21.3 Å². The molecule has 0 atom stereocenters. The van der Waals surface area contributed by atoms with E-state index in [0.717, 1.165) is 50.8 Å². The highest BCUT2D eigenvalue weighted by Crippen LogP contribution is 2.42. The van der Waals surface area contributed by atoms with Crippen LogP contribution in [-0.2, 0) is 20.5 Å². The number of oxime groups is 1. The normalized spacial score (nSPS) is 15.7. The van der Waals surface area contributed by atoms with Gasteiger partial charge in [0, 0.05) is 41.1 Å². The number of piperidine rings is 1. The number of nitrogens with zero attached hydrogens (tertiary/aromatic N) is 3. The summed E-state index contributed by atoms with van der Waals surface area (Å²) in [5.74, 6) is 0.691. The van der Waals surface area contributed by atoms with Gasteiger partial charge in [0.1, 0.15) is 5.75 Å². The summed E-state index contributed by atoms with van der Waals surface area (Å²) >= 11 is 3.29. The number of aromatic nitrogens is 1. The summed E-state index contributed by atoms with van der Waals surface area (Å²) in [4.78, 5) is 25.9. The Morgan fingerprint density at radius 1 is 1.11 bits per heavy atom. The molecule has 0 spiro atoms. The van der Waals surface area contributed by atoms with Crippen molar-refractivity contribution < 1.29 is 14.7 Å². The first kappa shape index (κ1) is 28.3. The summed E-state index contributed by atoms with van der Waals surface area (Å²) in [6.07, 6.45) is 1.76. The van der Waals surface area contributed by atoms with Crippen LogP contribution in [0.4, 0.5) is 0 Å². The predicted molar refractivity (Wildman–Crippen MR) is 158 cm³/mol. The van der Waals surface area contributed by atoms with Crippen LogP contribution < -0.4 is 0 Å². The Kier molecular flexibility index (Phi) is 8.33. The number of aromatic hydroxyl groups is 1. The van der Waals surface area contributed by atoms with E-state index in [0.29, 0.717) is 24.8 Å². The number of phenolic OH excluding ortho intramolecular Hbond substituents is 1. The number of hydrogen-bond donors (Lipinski definition) is 1. The van der Waals surface area contributed by atoms with E-state index in [2.05, 4.69) is 64.2 Å². The number of carbonyl (C=O) groups excluding carboxylic acids is 1. The highest BCUT2D eigenvalue weighted by atomic mass is 32.1. The fourth-order valence-corrected chi connectivity index (χ4v) is 6.38. The van der Waals surface area contributed by atoms with Gasteiger partial charge < -0.3 is 14.8 Å². The molecule has 8 heteroatoms. The molecule has 1 aromatic carbocycles. The van der Waals surface area contributed by atoms with Crippen LogP contribution in [0.15, 0.2) is 40.2 Å². The molecule has 6 nitrogen and oxygen atoms in total. The second-order valence-corrected chi connectivity index (χ2v) is 13.9. The zero-order valence-corrected chi connectivity index (χ0v) is 25.1. The zero-order chi connectivity index (χ0) is 27.7. The third-order valence-corrected chi connectivity index (χ3v) is 8.99. The molecule has 3 aromatic rings. The average Bonchev–Trinajstić information content (AvgIpc) is 3.56. The van der Waals surface area contributed by atoms with E-state index in [9.17, 15) is 9.90 Å². The molecule has 1 aliphatic heterocycles. The Balaban J connectivity index is 1.41. The maximum atomic E-state index is 12.7. The topological polar surface area (TPSA) is 75.0 Å². The summed E-state index contributed by atoms with van der Waals surface area (Å²) in [6, 6.07) is 8.13. The maximum absolute atomic E-state index is 12.7. The SMILES string of the molecule is C/C(=N/OCC(=O)N1CCC(c2nc(-c3cc(C(C)(C)C)c(O)c(C(C)(C)C)c3)cs2)CC1)c1cccs1. The molecular formula is C30H39N3O3S2. The second-order valence-electron chi connectivity index (χ2n) is 12.1. The molecule has 204 valence electrons. The summed E-state index contributed by atoms with van der Waals surface area (Å²) in [5, 5.41) is 20.4. The van der Waals surface area contributed by atoms with E-state index >= 15 is 0 Å². The molecule has 3 heterocycles. The molecule has 1 amide bonds. The van der Waals surface area contributed by atoms with Crippen molar-refractivity contribution in [3.05, 3.63) is 56.0 Å². The van der Waals surface area contributed by atoms with Crippen molar-refractivity contribution >= 4 is 34.3 Å². The number of rotatable bonds is 6. The van der Waals surface area contributed by atoms with E-state index < -0.39 is 0 Å². The molecule has 1 fully saturated rings. The van der Waals surface area contributed by atoms with Crippen molar-refractivity contribution in [2.75, 3.05) is 19.7 Å². The zero-order valence-electron chi connectivity index (χ0n) is 23.5. The van der Waals surface area contributed by atoms with E-state index in [-0.39, 0.29) is 23.3 Å². The smallest absolute Gasteiger partial charge is 0.263 e. The lowest BCUT2D eigenvalue weighted by Crippen LogP contribution is -2.39. The van der Waals surface area contributed by atoms with Gasteiger partial charge in [-0.1, -0.05) is 52.8 Å². The molecule has 0 aliphatic carbocycles. The van der Waals surface area contributed by atoms with Gasteiger partial charge in [-0.3, -0.25) is 4.79 Å². The van der Waals surface area contributed by atoms with Crippen molar-refractivity contribution in [2.24, 2.45) is 5.16 Å². The van der Waals surface area contributed by atoms with Gasteiger partial charge >= 0.3 is 0 Å². The predicted octanol–water partition coefficient (Wildman–Crippen LogP) is 7.32. The number of carbonyl (C=O) groups is 1. The van der Waals surface area contributed by atoms with Crippen LogP contribution in [0.5, 0.6) is 5.75 Å². The van der Waals surface area contributed by atoms with Crippen molar-refractivity contribution in [1.29, 1.82) is 0 Å². The molecule has 0 bridgehead atoms. The van der Waals surface area contributed by atoms with Crippen LogP contribution in [0, 0.1) is 0 Å². The van der Waals surface area contributed by atoms with E-state index in [1.165, 1.54) is 0 Å². The average molecular weight is 554 g/mol. The number of phenols is 1. The molecule has 0 unspecified atom stereocenters. The number of thiazole rings is 1. The number of likely N-dealkylation sites (tertiary alicyclic amines) is 1. The van der Waals surface area contributed by atoms with E-state index in [1.54, 1.807) is 22.7 Å². The van der Waals surface area contributed by atoms with Gasteiger partial charge in [-0.25, -0.2) is 4.98 Å². The van der Waals surface area contributed by atoms with Crippen molar-refractivity contribution in [3.63, 3.8) is 0 Å². The van der Waals surface area contributed by atoms with Gasteiger partial charge in [0.2, 0.25) is 0 Å². The largest absolute Gasteiger partial charge is 0.507 e. The molecule has 1 N–H and O–H groups in total. The third kappa shape index (κ3) is 6.46. The Hall–Kier alpha value is -2.71. The van der Waals surface area contributed by atoms with Gasteiger partial charge in [-0.2, -0.15) is 0 Å². The van der Waals surface area contributed by atoms with Gasteiger partial charge in [-0.05, 0) is 54.2 Å². The quantitative estimate of drug-likeness (QED) is 0.256. The number of thiophene rings is 1. The van der Waals surface area contributed by atoms with Gasteiger partial charge in [0.25, 0.3) is 5.91 Å².